The van der Waals surface area contributed by atoms with Crippen molar-refractivity contribution in [3.05, 3.63) is 12.4 Å². The summed E-state index contributed by atoms with van der Waals surface area (Å²) in [5.74, 6) is 1.40. The van der Waals surface area contributed by atoms with E-state index in [2.05, 4.69) is 34.3 Å². The van der Waals surface area contributed by atoms with Gasteiger partial charge < -0.3 is 15.0 Å². The Bertz CT molecular complexity index is 422. The highest BCUT2D eigenvalue weighted by molar-refractivity contribution is 5.34. The molecule has 2 atom stereocenters. The van der Waals surface area contributed by atoms with Crippen molar-refractivity contribution in [1.82, 2.24) is 14.9 Å². The van der Waals surface area contributed by atoms with E-state index < -0.39 is 0 Å². The normalized spacial score (nSPS) is 23.1. The number of rotatable bonds is 5. The van der Waals surface area contributed by atoms with Gasteiger partial charge in [-0.3, -0.25) is 4.98 Å². The third kappa shape index (κ3) is 4.34. The van der Waals surface area contributed by atoms with Gasteiger partial charge in [-0.15, -0.1) is 0 Å². The van der Waals surface area contributed by atoms with Crippen LogP contribution in [0.5, 0.6) is 5.88 Å². The Morgan fingerprint density at radius 1 is 1.30 bits per heavy atom. The van der Waals surface area contributed by atoms with Crippen LogP contribution < -0.4 is 10.1 Å². The summed E-state index contributed by atoms with van der Waals surface area (Å²) in [6, 6.07) is 1.13. The largest absolute Gasteiger partial charge is 0.474 e. The zero-order valence-electron chi connectivity index (χ0n) is 13.0. The fourth-order valence-electron chi connectivity index (χ4n) is 2.69. The van der Waals surface area contributed by atoms with Crippen molar-refractivity contribution in [3.63, 3.8) is 0 Å². The molecule has 2 unspecified atom stereocenters. The first-order valence-electron chi connectivity index (χ1n) is 7.46. The molecule has 0 amide bonds. The zero-order chi connectivity index (χ0) is 14.5. The minimum absolute atomic E-state index is 0.118. The minimum atomic E-state index is 0.118. The van der Waals surface area contributed by atoms with Crippen LogP contribution >= 0.6 is 0 Å². The van der Waals surface area contributed by atoms with Crippen LogP contribution in [0.4, 0.5) is 5.82 Å². The van der Waals surface area contributed by atoms with Crippen LogP contribution in [0.25, 0.3) is 0 Å². The molecule has 112 valence electrons. The smallest absolute Gasteiger partial charge is 0.234 e. The maximum Gasteiger partial charge on any atom is 0.234 e. The van der Waals surface area contributed by atoms with Gasteiger partial charge >= 0.3 is 0 Å². The van der Waals surface area contributed by atoms with Crippen LogP contribution in [0.3, 0.4) is 0 Å². The van der Waals surface area contributed by atoms with E-state index in [0.29, 0.717) is 18.0 Å². The number of hydrogen-bond donors (Lipinski definition) is 1. The molecule has 0 radical (unpaired) electrons. The molecule has 1 N–H and O–H groups in total. The molecule has 0 spiro atoms. The van der Waals surface area contributed by atoms with Crippen LogP contribution in [0.1, 0.15) is 39.5 Å². The lowest BCUT2D eigenvalue weighted by Crippen LogP contribution is -2.38. The lowest BCUT2D eigenvalue weighted by molar-refractivity contribution is 0.219. The van der Waals surface area contributed by atoms with Gasteiger partial charge in [0.15, 0.2) is 0 Å². The molecule has 0 aromatic carbocycles. The quantitative estimate of drug-likeness (QED) is 0.897. The molecule has 5 nitrogen and oxygen atoms in total. The molecule has 1 aromatic heterocycles. The van der Waals surface area contributed by atoms with Gasteiger partial charge in [-0.25, -0.2) is 0 Å². The van der Waals surface area contributed by atoms with E-state index >= 15 is 0 Å². The van der Waals surface area contributed by atoms with Crippen LogP contribution in [-0.4, -0.2) is 47.2 Å². The maximum atomic E-state index is 5.58. The average molecular weight is 278 g/mol. The average Bonchev–Trinajstić information content (AvgIpc) is 2.38. The highest BCUT2D eigenvalue weighted by atomic mass is 16.5. The summed E-state index contributed by atoms with van der Waals surface area (Å²) in [6.07, 6.45) is 8.45. The molecule has 1 aromatic rings. The number of ether oxygens (including phenoxy) is 1. The second-order valence-electron chi connectivity index (χ2n) is 6.03. The molecule has 0 bridgehead atoms. The van der Waals surface area contributed by atoms with Crippen molar-refractivity contribution in [2.24, 2.45) is 0 Å². The monoisotopic (exact) mass is 278 g/mol. The van der Waals surface area contributed by atoms with E-state index in [1.807, 2.05) is 13.8 Å². The van der Waals surface area contributed by atoms with E-state index in [4.69, 9.17) is 4.74 Å². The molecule has 1 saturated carbocycles. The van der Waals surface area contributed by atoms with Gasteiger partial charge in [0.2, 0.25) is 5.88 Å². The van der Waals surface area contributed by atoms with Crippen molar-refractivity contribution < 1.29 is 4.74 Å². The van der Waals surface area contributed by atoms with Gasteiger partial charge in [0.25, 0.3) is 0 Å². The summed E-state index contributed by atoms with van der Waals surface area (Å²) in [5, 5.41) is 3.50. The summed E-state index contributed by atoms with van der Waals surface area (Å²) in [7, 11) is 4.31. The van der Waals surface area contributed by atoms with Crippen LogP contribution in [0.15, 0.2) is 12.4 Å². The predicted octanol–water partition coefficient (Wildman–Crippen LogP) is 2.55. The summed E-state index contributed by atoms with van der Waals surface area (Å²) >= 11 is 0. The fraction of sp³-hybridized carbons (Fsp3) is 0.733. The molecule has 1 aliphatic carbocycles. The fourth-order valence-corrected chi connectivity index (χ4v) is 2.69. The molecule has 0 saturated heterocycles. The zero-order valence-corrected chi connectivity index (χ0v) is 13.0. The topological polar surface area (TPSA) is 50.3 Å². The highest BCUT2D eigenvalue weighted by Crippen LogP contribution is 2.24. The molecule has 1 fully saturated rings. The third-order valence-corrected chi connectivity index (χ3v) is 3.70. The standard InChI is InChI=1S/C15H26N4O/c1-11(2)20-15-10-16-9-14(18-15)17-12-6-5-7-13(8-12)19(3)4/h9-13H,5-8H2,1-4H3,(H,17,18). The summed E-state index contributed by atoms with van der Waals surface area (Å²) in [6.45, 7) is 3.98. The molecule has 5 heteroatoms. The van der Waals surface area contributed by atoms with Crippen molar-refractivity contribution >= 4 is 5.82 Å². The Morgan fingerprint density at radius 2 is 2.10 bits per heavy atom. The maximum absolute atomic E-state index is 5.58. The SMILES string of the molecule is CC(C)Oc1cncc(NC2CCCC(N(C)C)C2)n1. The van der Waals surface area contributed by atoms with Gasteiger partial charge in [-0.2, -0.15) is 4.98 Å². The van der Waals surface area contributed by atoms with Gasteiger partial charge in [0.1, 0.15) is 5.82 Å². The van der Waals surface area contributed by atoms with Crippen molar-refractivity contribution in [1.29, 1.82) is 0 Å². The Balaban J connectivity index is 1.95. The van der Waals surface area contributed by atoms with E-state index in [9.17, 15) is 0 Å². The Morgan fingerprint density at radius 3 is 2.80 bits per heavy atom. The van der Waals surface area contributed by atoms with Gasteiger partial charge in [-0.1, -0.05) is 0 Å². The third-order valence-electron chi connectivity index (χ3n) is 3.70. The first kappa shape index (κ1) is 15.0. The van der Waals surface area contributed by atoms with Crippen molar-refractivity contribution in [3.8, 4) is 5.88 Å². The van der Waals surface area contributed by atoms with Crippen molar-refractivity contribution in [2.75, 3.05) is 19.4 Å². The second kappa shape index (κ2) is 6.88. The molecular formula is C15H26N4O. The summed E-state index contributed by atoms with van der Waals surface area (Å²) < 4.78 is 5.58. The molecular weight excluding hydrogens is 252 g/mol. The second-order valence-corrected chi connectivity index (χ2v) is 6.03. The van der Waals surface area contributed by atoms with Gasteiger partial charge in [0.05, 0.1) is 18.5 Å². The molecule has 1 heterocycles. The van der Waals surface area contributed by atoms with Crippen LogP contribution in [0.2, 0.25) is 0 Å². The molecule has 20 heavy (non-hydrogen) atoms. The highest BCUT2D eigenvalue weighted by Gasteiger charge is 2.23. The van der Waals surface area contributed by atoms with E-state index in [1.54, 1.807) is 12.4 Å². The van der Waals surface area contributed by atoms with Crippen molar-refractivity contribution in [2.45, 2.75) is 57.7 Å². The molecule has 0 aliphatic heterocycles. The molecule has 2 rings (SSSR count). The molecule has 1 aliphatic rings. The summed E-state index contributed by atoms with van der Waals surface area (Å²) in [5.41, 5.74) is 0. The Kier molecular flexibility index (Phi) is 5.17. The number of anilines is 1. The predicted molar refractivity (Wildman–Crippen MR) is 81.1 cm³/mol. The summed E-state index contributed by atoms with van der Waals surface area (Å²) in [4.78, 5) is 11.0. The Labute approximate surface area is 121 Å². The number of nitrogens with one attached hydrogen (secondary N) is 1. The van der Waals surface area contributed by atoms with E-state index in [-0.39, 0.29) is 6.10 Å². The van der Waals surface area contributed by atoms with Crippen LogP contribution in [-0.2, 0) is 0 Å². The van der Waals surface area contributed by atoms with E-state index in [0.717, 1.165) is 12.2 Å². The van der Waals surface area contributed by atoms with Gasteiger partial charge in [-0.05, 0) is 53.6 Å². The lowest BCUT2D eigenvalue weighted by Gasteiger charge is -2.33. The first-order valence-corrected chi connectivity index (χ1v) is 7.46. The number of hydrogen-bond acceptors (Lipinski definition) is 5. The number of nitrogens with zero attached hydrogens (tertiary/aromatic N) is 3. The van der Waals surface area contributed by atoms with Gasteiger partial charge in [0, 0.05) is 12.1 Å². The number of aromatic nitrogens is 2. The first-order chi connectivity index (χ1) is 9.54. The van der Waals surface area contributed by atoms with E-state index in [1.165, 1.54) is 19.3 Å². The Hall–Kier alpha value is -1.36. The minimum Gasteiger partial charge on any atom is -0.474 e. The lowest BCUT2D eigenvalue weighted by atomic mass is 9.90. The van der Waals surface area contributed by atoms with Crippen LogP contribution in [0, 0.1) is 0 Å².